The molecule has 2 heterocycles. The van der Waals surface area contributed by atoms with Crippen molar-refractivity contribution in [2.75, 3.05) is 51.3 Å². The van der Waals surface area contributed by atoms with E-state index in [4.69, 9.17) is 4.74 Å². The number of nitrogens with zero attached hydrogens (tertiary/aromatic N) is 3. The third-order valence-electron chi connectivity index (χ3n) is 4.26. The van der Waals surface area contributed by atoms with E-state index in [1.165, 1.54) is 6.33 Å². The molecular formula is C18H25N5O2. The molecular weight excluding hydrogens is 318 g/mol. The zero-order valence-electron chi connectivity index (χ0n) is 14.4. The zero-order chi connectivity index (χ0) is 17.3. The van der Waals surface area contributed by atoms with Crippen LogP contribution in [0.5, 0.6) is 0 Å². The SMILES string of the molecule is O=C(CCNc1ncnc2ccccc12)NCCCN1CCOCC1. The molecule has 7 nitrogen and oxygen atoms in total. The maximum Gasteiger partial charge on any atom is 0.221 e. The van der Waals surface area contributed by atoms with E-state index in [0.29, 0.717) is 19.5 Å². The predicted octanol–water partition coefficient (Wildman–Crippen LogP) is 1.27. The lowest BCUT2D eigenvalue weighted by Crippen LogP contribution is -2.38. The van der Waals surface area contributed by atoms with Crippen LogP contribution in [0, 0.1) is 0 Å². The van der Waals surface area contributed by atoms with Gasteiger partial charge in [0.05, 0.1) is 18.7 Å². The second kappa shape index (κ2) is 9.29. The molecule has 1 aromatic heterocycles. The smallest absolute Gasteiger partial charge is 0.221 e. The average molecular weight is 343 g/mol. The number of carbonyl (C=O) groups is 1. The maximum atomic E-state index is 11.9. The van der Waals surface area contributed by atoms with Crippen molar-refractivity contribution in [2.45, 2.75) is 12.8 Å². The number of hydrogen-bond donors (Lipinski definition) is 2. The summed E-state index contributed by atoms with van der Waals surface area (Å²) < 4.78 is 5.32. The number of amides is 1. The van der Waals surface area contributed by atoms with Gasteiger partial charge in [-0.2, -0.15) is 0 Å². The number of aromatic nitrogens is 2. The molecule has 1 aromatic carbocycles. The molecule has 1 fully saturated rings. The Bertz CT molecular complexity index is 683. The summed E-state index contributed by atoms with van der Waals surface area (Å²) in [6.07, 6.45) is 2.93. The summed E-state index contributed by atoms with van der Waals surface area (Å²) in [5, 5.41) is 7.17. The summed E-state index contributed by atoms with van der Waals surface area (Å²) >= 11 is 0. The van der Waals surface area contributed by atoms with Gasteiger partial charge in [0, 0.05) is 38.0 Å². The van der Waals surface area contributed by atoms with Crippen molar-refractivity contribution in [1.29, 1.82) is 0 Å². The Labute approximate surface area is 147 Å². The van der Waals surface area contributed by atoms with E-state index in [1.54, 1.807) is 0 Å². The Kier molecular flexibility index (Phi) is 6.53. The first-order chi connectivity index (χ1) is 12.3. The van der Waals surface area contributed by atoms with Crippen LogP contribution in [0.2, 0.25) is 0 Å². The van der Waals surface area contributed by atoms with E-state index in [2.05, 4.69) is 25.5 Å². The number of fused-ring (bicyclic) bond motifs is 1. The first-order valence-corrected chi connectivity index (χ1v) is 8.83. The molecule has 0 radical (unpaired) electrons. The largest absolute Gasteiger partial charge is 0.379 e. The van der Waals surface area contributed by atoms with Crippen LogP contribution in [0.25, 0.3) is 10.9 Å². The van der Waals surface area contributed by atoms with Crippen molar-refractivity contribution >= 4 is 22.6 Å². The molecule has 1 amide bonds. The summed E-state index contributed by atoms with van der Waals surface area (Å²) in [6, 6.07) is 7.83. The van der Waals surface area contributed by atoms with E-state index < -0.39 is 0 Å². The third kappa shape index (κ3) is 5.37. The van der Waals surface area contributed by atoms with Crippen molar-refractivity contribution in [3.63, 3.8) is 0 Å². The van der Waals surface area contributed by atoms with Crippen LogP contribution in [0.3, 0.4) is 0 Å². The molecule has 1 aliphatic heterocycles. The highest BCUT2D eigenvalue weighted by Gasteiger charge is 2.09. The lowest BCUT2D eigenvalue weighted by atomic mass is 10.2. The van der Waals surface area contributed by atoms with Crippen molar-refractivity contribution < 1.29 is 9.53 Å². The monoisotopic (exact) mass is 343 g/mol. The van der Waals surface area contributed by atoms with E-state index in [-0.39, 0.29) is 5.91 Å². The number of ether oxygens (including phenoxy) is 1. The Morgan fingerprint density at radius 2 is 2.00 bits per heavy atom. The van der Waals surface area contributed by atoms with E-state index in [0.717, 1.165) is 56.0 Å². The summed E-state index contributed by atoms with van der Waals surface area (Å²) in [5.74, 6) is 0.832. The van der Waals surface area contributed by atoms with Crippen LogP contribution in [-0.2, 0) is 9.53 Å². The minimum absolute atomic E-state index is 0.0628. The lowest BCUT2D eigenvalue weighted by Gasteiger charge is -2.26. The molecule has 0 bridgehead atoms. The highest BCUT2D eigenvalue weighted by molar-refractivity contribution is 5.88. The van der Waals surface area contributed by atoms with Gasteiger partial charge in [-0.3, -0.25) is 9.69 Å². The molecule has 0 atom stereocenters. The summed E-state index contributed by atoms with van der Waals surface area (Å²) in [7, 11) is 0. The second-order valence-electron chi connectivity index (χ2n) is 6.07. The van der Waals surface area contributed by atoms with Crippen molar-refractivity contribution in [3.8, 4) is 0 Å². The normalized spacial score (nSPS) is 15.2. The number of para-hydroxylation sites is 1. The summed E-state index contributed by atoms with van der Waals surface area (Å²) in [6.45, 7) is 5.89. The van der Waals surface area contributed by atoms with Gasteiger partial charge in [-0.05, 0) is 25.1 Å². The Morgan fingerprint density at radius 3 is 2.88 bits per heavy atom. The van der Waals surface area contributed by atoms with Gasteiger partial charge in [0.15, 0.2) is 0 Å². The van der Waals surface area contributed by atoms with Gasteiger partial charge in [0.2, 0.25) is 5.91 Å². The molecule has 2 N–H and O–H groups in total. The highest BCUT2D eigenvalue weighted by atomic mass is 16.5. The molecule has 0 spiro atoms. The van der Waals surface area contributed by atoms with Gasteiger partial charge < -0.3 is 15.4 Å². The van der Waals surface area contributed by atoms with Crippen LogP contribution >= 0.6 is 0 Å². The van der Waals surface area contributed by atoms with Gasteiger partial charge in [0.1, 0.15) is 12.1 Å². The average Bonchev–Trinajstić information content (AvgIpc) is 2.66. The first kappa shape index (κ1) is 17.6. The van der Waals surface area contributed by atoms with E-state index in [9.17, 15) is 4.79 Å². The topological polar surface area (TPSA) is 79.4 Å². The Hall–Kier alpha value is -2.25. The predicted molar refractivity (Wildman–Crippen MR) is 97.5 cm³/mol. The maximum absolute atomic E-state index is 11.9. The number of benzene rings is 1. The number of anilines is 1. The molecule has 0 aliphatic carbocycles. The number of rotatable bonds is 8. The van der Waals surface area contributed by atoms with Crippen molar-refractivity contribution in [2.24, 2.45) is 0 Å². The molecule has 7 heteroatoms. The van der Waals surface area contributed by atoms with Crippen molar-refractivity contribution in [1.82, 2.24) is 20.2 Å². The van der Waals surface area contributed by atoms with Crippen LogP contribution in [0.1, 0.15) is 12.8 Å². The molecule has 1 aliphatic rings. The van der Waals surface area contributed by atoms with Crippen molar-refractivity contribution in [3.05, 3.63) is 30.6 Å². The molecule has 1 saturated heterocycles. The Morgan fingerprint density at radius 1 is 1.16 bits per heavy atom. The van der Waals surface area contributed by atoms with Gasteiger partial charge in [-0.15, -0.1) is 0 Å². The fourth-order valence-corrected chi connectivity index (χ4v) is 2.88. The van der Waals surface area contributed by atoms with Gasteiger partial charge in [0.25, 0.3) is 0 Å². The second-order valence-corrected chi connectivity index (χ2v) is 6.07. The standard InChI is InChI=1S/C18H25N5O2/c24-17(19-7-3-9-23-10-12-25-13-11-23)6-8-20-18-15-4-1-2-5-16(15)21-14-22-18/h1-2,4-5,14H,3,6-13H2,(H,19,24)(H,20,21,22). The van der Waals surface area contributed by atoms with Gasteiger partial charge in [-0.25, -0.2) is 9.97 Å². The number of hydrogen-bond acceptors (Lipinski definition) is 6. The molecule has 0 unspecified atom stereocenters. The third-order valence-corrected chi connectivity index (χ3v) is 4.26. The zero-order valence-corrected chi connectivity index (χ0v) is 14.4. The quantitative estimate of drug-likeness (QED) is 0.703. The van der Waals surface area contributed by atoms with Gasteiger partial charge in [-0.1, -0.05) is 12.1 Å². The molecule has 134 valence electrons. The Balaban J connectivity index is 1.33. The molecule has 25 heavy (non-hydrogen) atoms. The minimum Gasteiger partial charge on any atom is -0.379 e. The first-order valence-electron chi connectivity index (χ1n) is 8.83. The minimum atomic E-state index is 0.0628. The van der Waals surface area contributed by atoms with Crippen LogP contribution in [0.4, 0.5) is 5.82 Å². The summed E-state index contributed by atoms with van der Waals surface area (Å²) in [5.41, 5.74) is 0.896. The van der Waals surface area contributed by atoms with E-state index in [1.807, 2.05) is 24.3 Å². The van der Waals surface area contributed by atoms with Crippen LogP contribution in [-0.4, -0.2) is 66.7 Å². The molecule has 3 rings (SSSR count). The number of morpholine rings is 1. The lowest BCUT2D eigenvalue weighted by molar-refractivity contribution is -0.120. The van der Waals surface area contributed by atoms with E-state index >= 15 is 0 Å². The highest BCUT2D eigenvalue weighted by Crippen LogP contribution is 2.17. The number of carbonyl (C=O) groups excluding carboxylic acids is 1. The van der Waals surface area contributed by atoms with Crippen LogP contribution in [0.15, 0.2) is 30.6 Å². The molecule has 0 saturated carbocycles. The van der Waals surface area contributed by atoms with Crippen LogP contribution < -0.4 is 10.6 Å². The van der Waals surface area contributed by atoms with Gasteiger partial charge >= 0.3 is 0 Å². The number of nitrogens with one attached hydrogen (secondary N) is 2. The fraction of sp³-hybridized carbons (Fsp3) is 0.500. The molecule has 2 aromatic rings. The fourth-order valence-electron chi connectivity index (χ4n) is 2.88. The summed E-state index contributed by atoms with van der Waals surface area (Å²) in [4.78, 5) is 22.8.